The molecule has 2 atom stereocenters. The number of carbonyl (C=O) groups is 1. The van der Waals surface area contributed by atoms with Crippen molar-refractivity contribution in [2.45, 2.75) is 18.8 Å². The van der Waals surface area contributed by atoms with Crippen LogP contribution in [-0.4, -0.2) is 27.9 Å². The number of aliphatic hydroxyl groups is 2. The van der Waals surface area contributed by atoms with Crippen LogP contribution in [0, 0.1) is 0 Å². The van der Waals surface area contributed by atoms with Gasteiger partial charge in [-0.2, -0.15) is 0 Å². The number of Topliss-reactive ketones (excluding diaryl/α,β-unsaturated/α-hetero) is 1. The fourth-order valence-electron chi connectivity index (χ4n) is 1.43. The summed E-state index contributed by atoms with van der Waals surface area (Å²) < 4.78 is 5.09. The Bertz CT molecular complexity index is 383. The first-order chi connectivity index (χ1) is 6.52. The first-order valence-electron chi connectivity index (χ1n) is 4.25. The molecule has 1 heterocycles. The van der Waals surface area contributed by atoms with Gasteiger partial charge in [0.2, 0.25) is 11.6 Å². The van der Waals surface area contributed by atoms with Gasteiger partial charge in [0.25, 0.3) is 0 Å². The zero-order chi connectivity index (χ0) is 10.3. The second-order valence-corrected chi connectivity index (χ2v) is 3.42. The van der Waals surface area contributed by atoms with Crippen molar-refractivity contribution in [3.05, 3.63) is 29.8 Å². The SMILES string of the molecule is CC1(O)Oc2ccccc2C(=O)C1O. The van der Waals surface area contributed by atoms with Gasteiger partial charge in [0.15, 0.2) is 6.10 Å². The van der Waals surface area contributed by atoms with Crippen LogP contribution >= 0.6 is 0 Å². The van der Waals surface area contributed by atoms with Gasteiger partial charge < -0.3 is 14.9 Å². The second-order valence-electron chi connectivity index (χ2n) is 3.42. The standard InChI is InChI=1S/C10H10O4/c1-10(13)9(12)8(11)6-4-2-3-5-7(6)14-10/h2-5,9,12-13H,1H3. The number of rotatable bonds is 0. The maximum Gasteiger partial charge on any atom is 0.239 e. The molecule has 0 amide bonds. The summed E-state index contributed by atoms with van der Waals surface area (Å²) in [6, 6.07) is 6.50. The van der Waals surface area contributed by atoms with E-state index in [0.29, 0.717) is 11.3 Å². The lowest BCUT2D eigenvalue weighted by atomic mass is 9.96. The fourth-order valence-corrected chi connectivity index (χ4v) is 1.43. The number of hydrogen-bond donors (Lipinski definition) is 2. The summed E-state index contributed by atoms with van der Waals surface area (Å²) in [7, 11) is 0. The van der Waals surface area contributed by atoms with Gasteiger partial charge in [-0.1, -0.05) is 12.1 Å². The Labute approximate surface area is 80.7 Å². The summed E-state index contributed by atoms with van der Waals surface area (Å²) in [5.41, 5.74) is 0.298. The minimum atomic E-state index is -1.84. The molecule has 0 saturated carbocycles. The molecule has 0 fully saturated rings. The smallest absolute Gasteiger partial charge is 0.239 e. The van der Waals surface area contributed by atoms with Crippen LogP contribution in [0.15, 0.2) is 24.3 Å². The van der Waals surface area contributed by atoms with Crippen LogP contribution in [0.1, 0.15) is 17.3 Å². The van der Waals surface area contributed by atoms with E-state index in [2.05, 4.69) is 0 Å². The number of hydrogen-bond acceptors (Lipinski definition) is 4. The molecular weight excluding hydrogens is 184 g/mol. The minimum Gasteiger partial charge on any atom is -0.459 e. The highest BCUT2D eigenvalue weighted by atomic mass is 16.6. The number of para-hydroxylation sites is 1. The van der Waals surface area contributed by atoms with Crippen LogP contribution < -0.4 is 4.74 Å². The lowest BCUT2D eigenvalue weighted by molar-refractivity contribution is -0.181. The number of ketones is 1. The van der Waals surface area contributed by atoms with Crippen molar-refractivity contribution in [1.29, 1.82) is 0 Å². The van der Waals surface area contributed by atoms with Crippen LogP contribution in [0.25, 0.3) is 0 Å². The maximum atomic E-state index is 11.5. The van der Waals surface area contributed by atoms with Crippen LogP contribution in [0.2, 0.25) is 0 Å². The molecule has 0 aromatic heterocycles. The summed E-state index contributed by atoms with van der Waals surface area (Å²) in [6.45, 7) is 1.26. The Kier molecular flexibility index (Phi) is 1.83. The van der Waals surface area contributed by atoms with E-state index in [1.54, 1.807) is 24.3 Å². The van der Waals surface area contributed by atoms with Gasteiger partial charge in [-0.25, -0.2) is 0 Å². The van der Waals surface area contributed by atoms with Gasteiger partial charge >= 0.3 is 0 Å². The van der Waals surface area contributed by atoms with E-state index >= 15 is 0 Å². The molecule has 2 N–H and O–H groups in total. The molecule has 2 rings (SSSR count). The summed E-state index contributed by atoms with van der Waals surface area (Å²) in [5.74, 6) is -2.06. The quantitative estimate of drug-likeness (QED) is 0.624. The third-order valence-corrected chi connectivity index (χ3v) is 2.22. The first-order valence-corrected chi connectivity index (χ1v) is 4.25. The monoisotopic (exact) mass is 194 g/mol. The Morgan fingerprint density at radius 3 is 2.79 bits per heavy atom. The molecule has 1 aromatic carbocycles. The van der Waals surface area contributed by atoms with Crippen molar-refractivity contribution in [2.24, 2.45) is 0 Å². The lowest BCUT2D eigenvalue weighted by Gasteiger charge is -2.33. The van der Waals surface area contributed by atoms with E-state index in [1.165, 1.54) is 6.92 Å². The van der Waals surface area contributed by atoms with E-state index < -0.39 is 17.7 Å². The van der Waals surface area contributed by atoms with Gasteiger partial charge in [-0.15, -0.1) is 0 Å². The van der Waals surface area contributed by atoms with Gasteiger partial charge in [0.05, 0.1) is 5.56 Å². The van der Waals surface area contributed by atoms with Crippen molar-refractivity contribution < 1.29 is 19.7 Å². The molecule has 0 saturated heterocycles. The highest BCUT2D eigenvalue weighted by molar-refractivity contribution is 6.03. The second kappa shape index (κ2) is 2.80. The van der Waals surface area contributed by atoms with E-state index in [1.807, 2.05) is 0 Å². The van der Waals surface area contributed by atoms with Crippen molar-refractivity contribution in [3.63, 3.8) is 0 Å². The Hall–Kier alpha value is -1.39. The molecule has 0 aliphatic carbocycles. The third-order valence-electron chi connectivity index (χ3n) is 2.22. The zero-order valence-electron chi connectivity index (χ0n) is 7.60. The maximum absolute atomic E-state index is 11.5. The molecule has 4 nitrogen and oxygen atoms in total. The van der Waals surface area contributed by atoms with Crippen LogP contribution in [0.5, 0.6) is 5.75 Å². The predicted molar refractivity (Wildman–Crippen MR) is 48.0 cm³/mol. The largest absolute Gasteiger partial charge is 0.459 e. The number of ether oxygens (including phenoxy) is 1. The molecule has 2 unspecified atom stereocenters. The molecule has 1 aliphatic heterocycles. The molecule has 1 aliphatic rings. The zero-order valence-corrected chi connectivity index (χ0v) is 7.60. The molecule has 1 aromatic rings. The van der Waals surface area contributed by atoms with Crippen molar-refractivity contribution in [2.75, 3.05) is 0 Å². The highest BCUT2D eigenvalue weighted by Crippen LogP contribution is 2.31. The number of aliphatic hydroxyl groups excluding tert-OH is 1. The normalized spacial score (nSPS) is 30.8. The Morgan fingerprint density at radius 2 is 2.07 bits per heavy atom. The summed E-state index contributed by atoms with van der Waals surface area (Å²) in [4.78, 5) is 11.5. The van der Waals surface area contributed by atoms with E-state index in [-0.39, 0.29) is 0 Å². The molecule has 0 spiro atoms. The van der Waals surface area contributed by atoms with Crippen LogP contribution in [0.4, 0.5) is 0 Å². The molecule has 74 valence electrons. The average Bonchev–Trinajstić information content (AvgIpc) is 2.14. The third kappa shape index (κ3) is 1.20. The Morgan fingerprint density at radius 1 is 1.43 bits per heavy atom. The predicted octanol–water partition coefficient (Wildman–Crippen LogP) is 0.331. The summed E-state index contributed by atoms with van der Waals surface area (Å²) >= 11 is 0. The van der Waals surface area contributed by atoms with E-state index in [0.717, 1.165) is 0 Å². The Balaban J connectivity index is 2.54. The van der Waals surface area contributed by atoms with Crippen molar-refractivity contribution >= 4 is 5.78 Å². The number of benzene rings is 1. The van der Waals surface area contributed by atoms with Crippen molar-refractivity contribution in [3.8, 4) is 5.75 Å². The van der Waals surface area contributed by atoms with Crippen LogP contribution in [-0.2, 0) is 0 Å². The number of carbonyl (C=O) groups excluding carboxylic acids is 1. The van der Waals surface area contributed by atoms with E-state index in [4.69, 9.17) is 4.74 Å². The minimum absolute atomic E-state index is 0.298. The first kappa shape index (κ1) is 9.18. The topological polar surface area (TPSA) is 66.8 Å². The summed E-state index contributed by atoms with van der Waals surface area (Å²) in [5, 5.41) is 19.0. The molecule has 14 heavy (non-hydrogen) atoms. The van der Waals surface area contributed by atoms with Crippen molar-refractivity contribution in [1.82, 2.24) is 0 Å². The molecular formula is C10H10O4. The average molecular weight is 194 g/mol. The molecule has 0 radical (unpaired) electrons. The summed E-state index contributed by atoms with van der Waals surface area (Å²) in [6.07, 6.45) is -1.53. The molecule has 4 heteroatoms. The number of fused-ring (bicyclic) bond motifs is 1. The van der Waals surface area contributed by atoms with Gasteiger partial charge in [0, 0.05) is 6.92 Å². The highest BCUT2D eigenvalue weighted by Gasteiger charge is 2.43. The fraction of sp³-hybridized carbons (Fsp3) is 0.300. The molecule has 0 bridgehead atoms. The van der Waals surface area contributed by atoms with Crippen LogP contribution in [0.3, 0.4) is 0 Å². The van der Waals surface area contributed by atoms with Gasteiger partial charge in [0.1, 0.15) is 5.75 Å². The lowest BCUT2D eigenvalue weighted by Crippen LogP contribution is -2.52. The van der Waals surface area contributed by atoms with E-state index in [9.17, 15) is 15.0 Å². The van der Waals surface area contributed by atoms with Gasteiger partial charge in [-0.3, -0.25) is 4.79 Å². The van der Waals surface area contributed by atoms with Gasteiger partial charge in [-0.05, 0) is 12.1 Å².